The number of hydrogen-bond donors (Lipinski definition) is 1. The van der Waals surface area contributed by atoms with Gasteiger partial charge in [0, 0.05) is 24.0 Å². The van der Waals surface area contributed by atoms with Crippen LogP contribution in [0, 0.1) is 11.3 Å². The Hall–Kier alpha value is -3.20. The summed E-state index contributed by atoms with van der Waals surface area (Å²) >= 11 is 0. The molecule has 1 aromatic carbocycles. The summed E-state index contributed by atoms with van der Waals surface area (Å²) in [6, 6.07) is 10.5. The zero-order valence-electron chi connectivity index (χ0n) is 10.2. The maximum atomic E-state index is 10.9. The van der Waals surface area contributed by atoms with Crippen LogP contribution in [0.2, 0.25) is 0 Å². The van der Waals surface area contributed by atoms with E-state index in [4.69, 9.17) is 10.4 Å². The third kappa shape index (κ3) is 1.97. The first-order valence-electron chi connectivity index (χ1n) is 5.76. The molecule has 0 saturated carbocycles. The number of carboxylic acid groups (broad SMARTS) is 1. The highest BCUT2D eigenvalue weighted by Gasteiger charge is 2.10. The predicted octanol–water partition coefficient (Wildman–Crippen LogP) is 1.97. The fourth-order valence-corrected chi connectivity index (χ4v) is 1.87. The molecule has 0 aliphatic rings. The van der Waals surface area contributed by atoms with Crippen LogP contribution >= 0.6 is 0 Å². The number of nitrogens with zero attached hydrogens (tertiary/aromatic N) is 4. The Labute approximate surface area is 113 Å². The molecule has 0 bridgehead atoms. The average molecular weight is 264 g/mol. The minimum Gasteiger partial charge on any atom is -0.476 e. The first kappa shape index (κ1) is 11.9. The molecular weight excluding hydrogens is 256 g/mol. The van der Waals surface area contributed by atoms with Crippen molar-refractivity contribution in [2.24, 2.45) is 0 Å². The van der Waals surface area contributed by atoms with Gasteiger partial charge >= 0.3 is 5.97 Å². The third-order valence-corrected chi connectivity index (χ3v) is 2.88. The van der Waals surface area contributed by atoms with Gasteiger partial charge in [0.2, 0.25) is 0 Å². The van der Waals surface area contributed by atoms with Gasteiger partial charge in [0.1, 0.15) is 0 Å². The number of nitriles is 1. The van der Waals surface area contributed by atoms with Gasteiger partial charge in [-0.3, -0.25) is 0 Å². The molecule has 0 atom stereocenters. The summed E-state index contributed by atoms with van der Waals surface area (Å²) in [5, 5.41) is 21.6. The van der Waals surface area contributed by atoms with E-state index in [1.165, 1.54) is 10.6 Å². The van der Waals surface area contributed by atoms with Gasteiger partial charge in [-0.1, -0.05) is 12.1 Å². The van der Waals surface area contributed by atoms with E-state index in [1.54, 1.807) is 24.5 Å². The molecule has 0 fully saturated rings. The van der Waals surface area contributed by atoms with E-state index >= 15 is 0 Å². The van der Waals surface area contributed by atoms with Crippen LogP contribution in [0.25, 0.3) is 16.8 Å². The SMILES string of the molecule is N#Cc1ccc(-c2cnc3cc(C(=O)O)nn3c2)cc1. The monoisotopic (exact) mass is 264 g/mol. The van der Waals surface area contributed by atoms with Crippen LogP contribution in [-0.4, -0.2) is 25.7 Å². The van der Waals surface area contributed by atoms with E-state index in [9.17, 15) is 4.79 Å². The lowest BCUT2D eigenvalue weighted by atomic mass is 10.1. The van der Waals surface area contributed by atoms with Crippen molar-refractivity contribution >= 4 is 11.6 Å². The molecule has 1 N–H and O–H groups in total. The maximum Gasteiger partial charge on any atom is 0.356 e. The first-order chi connectivity index (χ1) is 9.67. The van der Waals surface area contributed by atoms with Gasteiger partial charge in [0.15, 0.2) is 11.3 Å². The topological polar surface area (TPSA) is 91.3 Å². The Morgan fingerprint density at radius 3 is 2.65 bits per heavy atom. The van der Waals surface area contributed by atoms with Crippen LogP contribution < -0.4 is 0 Å². The van der Waals surface area contributed by atoms with Crippen LogP contribution in [-0.2, 0) is 0 Å². The molecule has 6 heteroatoms. The molecular formula is C14H8N4O2. The largest absolute Gasteiger partial charge is 0.476 e. The van der Waals surface area contributed by atoms with Crippen molar-refractivity contribution in [3.63, 3.8) is 0 Å². The molecule has 20 heavy (non-hydrogen) atoms. The van der Waals surface area contributed by atoms with Crippen LogP contribution in [0.5, 0.6) is 0 Å². The normalized spacial score (nSPS) is 10.3. The summed E-state index contributed by atoms with van der Waals surface area (Å²) in [5.41, 5.74) is 2.68. The number of aromatic carboxylic acids is 1. The van der Waals surface area contributed by atoms with E-state index in [2.05, 4.69) is 16.2 Å². The van der Waals surface area contributed by atoms with E-state index in [1.807, 2.05) is 12.1 Å². The number of hydrogen-bond acceptors (Lipinski definition) is 4. The number of carbonyl (C=O) groups is 1. The van der Waals surface area contributed by atoms with Gasteiger partial charge in [0.05, 0.1) is 11.6 Å². The number of benzene rings is 1. The first-order valence-corrected chi connectivity index (χ1v) is 5.76. The van der Waals surface area contributed by atoms with Crippen molar-refractivity contribution in [2.45, 2.75) is 0 Å². The van der Waals surface area contributed by atoms with Crippen molar-refractivity contribution in [1.82, 2.24) is 14.6 Å². The molecule has 2 aromatic heterocycles. The Bertz CT molecular complexity index is 844. The second-order valence-corrected chi connectivity index (χ2v) is 4.17. The second-order valence-electron chi connectivity index (χ2n) is 4.17. The fourth-order valence-electron chi connectivity index (χ4n) is 1.87. The van der Waals surface area contributed by atoms with Crippen LogP contribution in [0.1, 0.15) is 16.1 Å². The van der Waals surface area contributed by atoms with Crippen LogP contribution in [0.3, 0.4) is 0 Å². The molecule has 0 spiro atoms. The quantitative estimate of drug-likeness (QED) is 0.764. The van der Waals surface area contributed by atoms with Crippen molar-refractivity contribution < 1.29 is 9.90 Å². The summed E-state index contributed by atoms with van der Waals surface area (Å²) in [6.07, 6.45) is 3.35. The van der Waals surface area contributed by atoms with Crippen LogP contribution in [0.15, 0.2) is 42.7 Å². The second kappa shape index (κ2) is 4.48. The number of rotatable bonds is 2. The van der Waals surface area contributed by atoms with E-state index in [0.29, 0.717) is 11.2 Å². The smallest absolute Gasteiger partial charge is 0.356 e. The van der Waals surface area contributed by atoms with Crippen molar-refractivity contribution in [3.05, 3.63) is 54.0 Å². The van der Waals surface area contributed by atoms with Gasteiger partial charge in [-0.05, 0) is 17.7 Å². The van der Waals surface area contributed by atoms with Crippen LogP contribution in [0.4, 0.5) is 0 Å². The standard InChI is InChI=1S/C14H8N4O2/c15-6-9-1-3-10(4-2-9)11-7-16-13-5-12(14(19)20)17-18(13)8-11/h1-5,7-8H,(H,19,20). The zero-order valence-corrected chi connectivity index (χ0v) is 10.2. The molecule has 6 nitrogen and oxygen atoms in total. The number of carboxylic acids is 1. The highest BCUT2D eigenvalue weighted by atomic mass is 16.4. The van der Waals surface area contributed by atoms with Crippen molar-refractivity contribution in [1.29, 1.82) is 5.26 Å². The third-order valence-electron chi connectivity index (χ3n) is 2.88. The van der Waals surface area contributed by atoms with E-state index < -0.39 is 5.97 Å². The van der Waals surface area contributed by atoms with E-state index in [-0.39, 0.29) is 5.69 Å². The van der Waals surface area contributed by atoms with E-state index in [0.717, 1.165) is 11.1 Å². The maximum absolute atomic E-state index is 10.9. The average Bonchev–Trinajstić information content (AvgIpc) is 2.90. The molecule has 0 amide bonds. The number of aromatic nitrogens is 3. The molecule has 0 unspecified atom stereocenters. The zero-order chi connectivity index (χ0) is 14.1. The summed E-state index contributed by atoms with van der Waals surface area (Å²) in [4.78, 5) is 15.0. The Morgan fingerprint density at radius 1 is 1.25 bits per heavy atom. The van der Waals surface area contributed by atoms with Gasteiger partial charge in [0.25, 0.3) is 0 Å². The Kier molecular flexibility index (Phi) is 2.66. The summed E-state index contributed by atoms with van der Waals surface area (Å²) in [6.45, 7) is 0. The fraction of sp³-hybridized carbons (Fsp3) is 0. The molecule has 96 valence electrons. The predicted molar refractivity (Wildman–Crippen MR) is 70.1 cm³/mol. The molecule has 3 rings (SSSR count). The summed E-state index contributed by atoms with van der Waals surface area (Å²) in [5.74, 6) is -1.09. The molecule has 0 saturated heterocycles. The molecule has 3 aromatic rings. The Morgan fingerprint density at radius 2 is 2.00 bits per heavy atom. The lowest BCUT2D eigenvalue weighted by molar-refractivity contribution is 0.0690. The summed E-state index contributed by atoms with van der Waals surface area (Å²) < 4.78 is 1.43. The van der Waals surface area contributed by atoms with Crippen molar-refractivity contribution in [2.75, 3.05) is 0 Å². The highest BCUT2D eigenvalue weighted by Crippen LogP contribution is 2.19. The molecule has 0 radical (unpaired) electrons. The lowest BCUT2D eigenvalue weighted by Gasteiger charge is -2.01. The molecule has 0 aliphatic heterocycles. The number of fused-ring (bicyclic) bond motifs is 1. The molecule has 0 aliphatic carbocycles. The van der Waals surface area contributed by atoms with Gasteiger partial charge < -0.3 is 5.11 Å². The van der Waals surface area contributed by atoms with Gasteiger partial charge in [-0.25, -0.2) is 14.3 Å². The van der Waals surface area contributed by atoms with Crippen molar-refractivity contribution in [3.8, 4) is 17.2 Å². The highest BCUT2D eigenvalue weighted by molar-refractivity contribution is 5.86. The van der Waals surface area contributed by atoms with Gasteiger partial charge in [-0.15, -0.1) is 0 Å². The molecule has 2 heterocycles. The minimum absolute atomic E-state index is 0.0468. The van der Waals surface area contributed by atoms with Gasteiger partial charge in [-0.2, -0.15) is 10.4 Å². The lowest BCUT2D eigenvalue weighted by Crippen LogP contribution is -1.97. The summed E-state index contributed by atoms with van der Waals surface area (Å²) in [7, 11) is 0. The minimum atomic E-state index is -1.09. The Balaban J connectivity index is 2.07.